The van der Waals surface area contributed by atoms with E-state index in [2.05, 4.69) is 48.3 Å². The van der Waals surface area contributed by atoms with Crippen molar-refractivity contribution in [2.45, 2.75) is 27.3 Å². The van der Waals surface area contributed by atoms with E-state index in [-0.39, 0.29) is 5.91 Å². The molecule has 5 nitrogen and oxygen atoms in total. The van der Waals surface area contributed by atoms with E-state index in [1.54, 1.807) is 6.92 Å². The molecule has 1 aromatic carbocycles. The monoisotopic (exact) mass is 302 g/mol. The lowest BCUT2D eigenvalue weighted by Crippen LogP contribution is -2.53. The van der Waals surface area contributed by atoms with Gasteiger partial charge in [0.05, 0.1) is 6.54 Å². The number of guanidine groups is 1. The van der Waals surface area contributed by atoms with E-state index < -0.39 is 0 Å². The van der Waals surface area contributed by atoms with Crippen LogP contribution in [-0.2, 0) is 11.3 Å². The zero-order chi connectivity index (χ0) is 15.9. The van der Waals surface area contributed by atoms with Crippen LogP contribution in [0.2, 0.25) is 0 Å². The van der Waals surface area contributed by atoms with Crippen LogP contribution >= 0.6 is 0 Å². The average molecular weight is 302 g/mol. The predicted octanol–water partition coefficient (Wildman–Crippen LogP) is 1.62. The summed E-state index contributed by atoms with van der Waals surface area (Å²) in [6.07, 6.45) is 0. The third-order valence-corrected chi connectivity index (χ3v) is 3.85. The van der Waals surface area contributed by atoms with Crippen molar-refractivity contribution in [1.29, 1.82) is 0 Å². The molecule has 1 N–H and O–H groups in total. The Labute approximate surface area is 133 Å². The summed E-state index contributed by atoms with van der Waals surface area (Å²) in [7, 11) is 0. The van der Waals surface area contributed by atoms with Crippen LogP contribution in [0.4, 0.5) is 0 Å². The molecule has 0 saturated carbocycles. The standard InChI is InChI=1S/C17H26N4O/c1-4-18-17(19-13-16-7-5-6-14(2)12-16)21-10-8-20(9-11-21)15(3)22/h5-7,12H,4,8-11,13H2,1-3H3,(H,18,19). The normalized spacial score (nSPS) is 15.9. The first-order valence-corrected chi connectivity index (χ1v) is 7.94. The van der Waals surface area contributed by atoms with Gasteiger partial charge in [-0.15, -0.1) is 0 Å². The van der Waals surface area contributed by atoms with Gasteiger partial charge in [-0.05, 0) is 19.4 Å². The van der Waals surface area contributed by atoms with Gasteiger partial charge < -0.3 is 15.1 Å². The summed E-state index contributed by atoms with van der Waals surface area (Å²) in [5.74, 6) is 1.09. The molecule has 5 heteroatoms. The van der Waals surface area contributed by atoms with Crippen molar-refractivity contribution in [2.75, 3.05) is 32.7 Å². The zero-order valence-electron chi connectivity index (χ0n) is 13.8. The maximum absolute atomic E-state index is 11.4. The maximum atomic E-state index is 11.4. The Bertz CT molecular complexity index is 533. The van der Waals surface area contributed by atoms with E-state index in [1.807, 2.05) is 4.90 Å². The van der Waals surface area contributed by atoms with Crippen molar-refractivity contribution in [3.8, 4) is 0 Å². The van der Waals surface area contributed by atoms with E-state index in [1.165, 1.54) is 11.1 Å². The first-order valence-electron chi connectivity index (χ1n) is 7.94. The van der Waals surface area contributed by atoms with Gasteiger partial charge in [-0.25, -0.2) is 4.99 Å². The maximum Gasteiger partial charge on any atom is 0.219 e. The molecule has 0 unspecified atom stereocenters. The number of nitrogens with zero attached hydrogens (tertiary/aromatic N) is 3. The highest BCUT2D eigenvalue weighted by atomic mass is 16.2. The molecule has 120 valence electrons. The number of hydrogen-bond donors (Lipinski definition) is 1. The Morgan fingerprint density at radius 1 is 1.23 bits per heavy atom. The highest BCUT2D eigenvalue weighted by Crippen LogP contribution is 2.07. The number of carbonyl (C=O) groups is 1. The third-order valence-electron chi connectivity index (χ3n) is 3.85. The van der Waals surface area contributed by atoms with Gasteiger partial charge >= 0.3 is 0 Å². The highest BCUT2D eigenvalue weighted by Gasteiger charge is 2.20. The summed E-state index contributed by atoms with van der Waals surface area (Å²) in [5, 5.41) is 3.35. The Morgan fingerprint density at radius 2 is 1.91 bits per heavy atom. The molecular weight excluding hydrogens is 276 g/mol. The SMILES string of the molecule is CCNC(=NCc1cccc(C)c1)N1CCN(C(C)=O)CC1. The molecule has 0 aromatic heterocycles. The summed E-state index contributed by atoms with van der Waals surface area (Å²) in [6, 6.07) is 8.44. The second-order valence-electron chi connectivity index (χ2n) is 5.65. The molecule has 1 heterocycles. The van der Waals surface area contributed by atoms with E-state index >= 15 is 0 Å². The average Bonchev–Trinajstić information content (AvgIpc) is 2.51. The van der Waals surface area contributed by atoms with E-state index in [0.717, 1.165) is 38.7 Å². The quantitative estimate of drug-likeness (QED) is 0.682. The topological polar surface area (TPSA) is 47.9 Å². The fourth-order valence-corrected chi connectivity index (χ4v) is 2.64. The summed E-state index contributed by atoms with van der Waals surface area (Å²) in [6.45, 7) is 10.5. The molecule has 1 saturated heterocycles. The molecule has 0 aliphatic carbocycles. The van der Waals surface area contributed by atoms with Crippen LogP contribution in [0.5, 0.6) is 0 Å². The number of hydrogen-bond acceptors (Lipinski definition) is 2. The Morgan fingerprint density at radius 3 is 2.50 bits per heavy atom. The van der Waals surface area contributed by atoms with Crippen LogP contribution in [0.3, 0.4) is 0 Å². The van der Waals surface area contributed by atoms with Crippen LogP contribution < -0.4 is 5.32 Å². The first kappa shape index (κ1) is 16.3. The van der Waals surface area contributed by atoms with Crippen molar-refractivity contribution >= 4 is 11.9 Å². The van der Waals surface area contributed by atoms with Crippen LogP contribution in [-0.4, -0.2) is 54.4 Å². The smallest absolute Gasteiger partial charge is 0.219 e. The number of nitrogens with one attached hydrogen (secondary N) is 1. The molecule has 0 radical (unpaired) electrons. The van der Waals surface area contributed by atoms with Crippen molar-refractivity contribution in [1.82, 2.24) is 15.1 Å². The molecule has 1 aliphatic rings. The zero-order valence-corrected chi connectivity index (χ0v) is 13.8. The number of aliphatic imine (C=N–C) groups is 1. The fraction of sp³-hybridized carbons (Fsp3) is 0.529. The van der Waals surface area contributed by atoms with Crippen LogP contribution in [0, 0.1) is 6.92 Å². The lowest BCUT2D eigenvalue weighted by atomic mass is 10.1. The first-order chi connectivity index (χ1) is 10.6. The number of piperazine rings is 1. The molecule has 1 fully saturated rings. The summed E-state index contributed by atoms with van der Waals surface area (Å²) in [5.41, 5.74) is 2.48. The largest absolute Gasteiger partial charge is 0.357 e. The lowest BCUT2D eigenvalue weighted by Gasteiger charge is -2.36. The van der Waals surface area contributed by atoms with Gasteiger partial charge in [-0.1, -0.05) is 29.8 Å². The molecule has 1 aliphatic heterocycles. The van der Waals surface area contributed by atoms with E-state index in [4.69, 9.17) is 4.99 Å². The molecule has 22 heavy (non-hydrogen) atoms. The fourth-order valence-electron chi connectivity index (χ4n) is 2.64. The van der Waals surface area contributed by atoms with E-state index in [0.29, 0.717) is 6.54 Å². The molecule has 1 amide bonds. The Balaban J connectivity index is 2.00. The van der Waals surface area contributed by atoms with E-state index in [9.17, 15) is 4.79 Å². The Kier molecular flexibility index (Phi) is 5.81. The van der Waals surface area contributed by atoms with Gasteiger partial charge in [-0.2, -0.15) is 0 Å². The summed E-state index contributed by atoms with van der Waals surface area (Å²) >= 11 is 0. The molecule has 0 atom stereocenters. The van der Waals surface area contributed by atoms with Gasteiger partial charge in [0.1, 0.15) is 0 Å². The highest BCUT2D eigenvalue weighted by molar-refractivity contribution is 5.80. The minimum Gasteiger partial charge on any atom is -0.357 e. The van der Waals surface area contributed by atoms with Crippen molar-refractivity contribution in [3.63, 3.8) is 0 Å². The number of benzene rings is 1. The van der Waals surface area contributed by atoms with Gasteiger partial charge in [0.2, 0.25) is 5.91 Å². The third kappa shape index (κ3) is 4.48. The number of aryl methyl sites for hydroxylation is 1. The minimum absolute atomic E-state index is 0.154. The molecule has 0 bridgehead atoms. The second kappa shape index (κ2) is 7.82. The van der Waals surface area contributed by atoms with Gasteiger partial charge in [-0.3, -0.25) is 4.79 Å². The lowest BCUT2D eigenvalue weighted by molar-refractivity contribution is -0.130. The summed E-state index contributed by atoms with van der Waals surface area (Å²) in [4.78, 5) is 20.3. The number of amides is 1. The van der Waals surface area contributed by atoms with Crippen LogP contribution in [0.25, 0.3) is 0 Å². The van der Waals surface area contributed by atoms with Crippen LogP contribution in [0.15, 0.2) is 29.3 Å². The number of rotatable bonds is 3. The molecule has 2 rings (SSSR count). The molecular formula is C17H26N4O. The van der Waals surface area contributed by atoms with Crippen molar-refractivity contribution in [3.05, 3.63) is 35.4 Å². The second-order valence-corrected chi connectivity index (χ2v) is 5.65. The Hall–Kier alpha value is -2.04. The molecule has 1 aromatic rings. The van der Waals surface area contributed by atoms with Gasteiger partial charge in [0.15, 0.2) is 5.96 Å². The summed E-state index contributed by atoms with van der Waals surface area (Å²) < 4.78 is 0. The molecule has 0 spiro atoms. The predicted molar refractivity (Wildman–Crippen MR) is 89.8 cm³/mol. The minimum atomic E-state index is 0.154. The van der Waals surface area contributed by atoms with Gasteiger partial charge in [0.25, 0.3) is 0 Å². The van der Waals surface area contributed by atoms with Crippen LogP contribution in [0.1, 0.15) is 25.0 Å². The number of carbonyl (C=O) groups excluding carboxylic acids is 1. The van der Waals surface area contributed by atoms with Crippen molar-refractivity contribution in [2.24, 2.45) is 4.99 Å². The van der Waals surface area contributed by atoms with Crippen molar-refractivity contribution < 1.29 is 4.79 Å². The van der Waals surface area contributed by atoms with Gasteiger partial charge in [0, 0.05) is 39.6 Å².